The van der Waals surface area contributed by atoms with Gasteiger partial charge in [0, 0.05) is 10.7 Å². The maximum atomic E-state index is 13.5. The van der Waals surface area contributed by atoms with Crippen LogP contribution in [0.3, 0.4) is 0 Å². The number of amides is 1. The lowest BCUT2D eigenvalue weighted by Gasteiger charge is -2.29. The Morgan fingerprint density at radius 1 is 1.03 bits per heavy atom. The Kier molecular flexibility index (Phi) is 6.69. The molecule has 7 nitrogen and oxygen atoms in total. The number of halogens is 1. The minimum atomic E-state index is -3.94. The van der Waals surface area contributed by atoms with Crippen LogP contribution in [0, 0.1) is 0 Å². The van der Waals surface area contributed by atoms with Crippen LogP contribution in [0.25, 0.3) is 0 Å². The monoisotopic (exact) mass is 484 g/mol. The standard InChI is InChI=1S/C21H25ClN2O5S2/c1-15(16-6-5-7-18(14-16)24-30(2,26)27)23-20(25)21(12-3-4-13-21)31(28,29)19-10-8-17(22)9-11-19/h5-11,14-15,24H,3-4,12-13H2,1-2H3,(H,23,25). The van der Waals surface area contributed by atoms with Crippen molar-refractivity contribution in [3.63, 3.8) is 0 Å². The van der Waals surface area contributed by atoms with E-state index in [-0.39, 0.29) is 17.7 Å². The summed E-state index contributed by atoms with van der Waals surface area (Å²) in [6.07, 6.45) is 2.82. The minimum Gasteiger partial charge on any atom is -0.348 e. The third-order valence-corrected chi connectivity index (χ3v) is 8.87. The Morgan fingerprint density at radius 3 is 2.23 bits per heavy atom. The molecule has 0 spiro atoms. The second-order valence-electron chi connectivity index (χ2n) is 7.85. The minimum absolute atomic E-state index is 0.0703. The van der Waals surface area contributed by atoms with Crippen molar-refractivity contribution in [2.45, 2.75) is 48.3 Å². The predicted molar refractivity (Wildman–Crippen MR) is 121 cm³/mol. The topological polar surface area (TPSA) is 109 Å². The molecule has 3 rings (SSSR count). The Morgan fingerprint density at radius 2 is 1.65 bits per heavy atom. The molecule has 1 fully saturated rings. The van der Waals surface area contributed by atoms with Gasteiger partial charge in [-0.15, -0.1) is 0 Å². The van der Waals surface area contributed by atoms with Gasteiger partial charge in [0.2, 0.25) is 15.9 Å². The first kappa shape index (κ1) is 23.6. The van der Waals surface area contributed by atoms with Gasteiger partial charge in [-0.1, -0.05) is 36.6 Å². The highest BCUT2D eigenvalue weighted by Gasteiger charge is 2.53. The molecule has 0 radical (unpaired) electrons. The smallest absolute Gasteiger partial charge is 0.242 e. The number of carbonyl (C=O) groups excluding carboxylic acids is 1. The zero-order valence-corrected chi connectivity index (χ0v) is 19.6. The van der Waals surface area contributed by atoms with Crippen LogP contribution in [-0.4, -0.2) is 33.7 Å². The molecule has 2 aromatic carbocycles. The predicted octanol–water partition coefficient (Wildman–Crippen LogP) is 3.68. The van der Waals surface area contributed by atoms with Gasteiger partial charge in [0.1, 0.15) is 0 Å². The summed E-state index contributed by atoms with van der Waals surface area (Å²) in [6.45, 7) is 1.73. The molecular weight excluding hydrogens is 460 g/mol. The van der Waals surface area contributed by atoms with Crippen LogP contribution in [0.15, 0.2) is 53.4 Å². The van der Waals surface area contributed by atoms with E-state index in [4.69, 9.17) is 11.6 Å². The van der Waals surface area contributed by atoms with Crippen molar-refractivity contribution in [3.8, 4) is 0 Å². The lowest BCUT2D eigenvalue weighted by atomic mass is 10.0. The number of sulfone groups is 1. The summed E-state index contributed by atoms with van der Waals surface area (Å²) in [7, 11) is -7.38. The largest absolute Gasteiger partial charge is 0.348 e. The molecule has 1 saturated carbocycles. The van der Waals surface area contributed by atoms with E-state index in [1.807, 2.05) is 0 Å². The summed E-state index contributed by atoms with van der Waals surface area (Å²) in [5, 5.41) is 3.25. The molecule has 31 heavy (non-hydrogen) atoms. The van der Waals surface area contributed by atoms with Crippen molar-refractivity contribution in [1.82, 2.24) is 5.32 Å². The number of benzene rings is 2. The lowest BCUT2D eigenvalue weighted by Crippen LogP contribution is -2.51. The van der Waals surface area contributed by atoms with E-state index in [1.54, 1.807) is 31.2 Å². The Balaban J connectivity index is 1.88. The van der Waals surface area contributed by atoms with Gasteiger partial charge >= 0.3 is 0 Å². The second-order valence-corrected chi connectivity index (χ2v) is 12.3. The van der Waals surface area contributed by atoms with Gasteiger partial charge < -0.3 is 5.32 Å². The van der Waals surface area contributed by atoms with E-state index < -0.39 is 36.6 Å². The average molecular weight is 485 g/mol. The zero-order valence-electron chi connectivity index (χ0n) is 17.3. The van der Waals surface area contributed by atoms with Crippen molar-refractivity contribution in [3.05, 3.63) is 59.1 Å². The number of carbonyl (C=O) groups is 1. The third-order valence-electron chi connectivity index (χ3n) is 5.50. The molecule has 1 aliphatic carbocycles. The summed E-state index contributed by atoms with van der Waals surface area (Å²) in [5.41, 5.74) is 1.02. The summed E-state index contributed by atoms with van der Waals surface area (Å²) in [5.74, 6) is -0.547. The van der Waals surface area contributed by atoms with Gasteiger partial charge in [-0.25, -0.2) is 16.8 Å². The fourth-order valence-electron chi connectivity index (χ4n) is 3.90. The molecular formula is C21H25ClN2O5S2. The molecule has 0 saturated heterocycles. The van der Waals surface area contributed by atoms with E-state index in [0.717, 1.165) is 6.26 Å². The van der Waals surface area contributed by atoms with Gasteiger partial charge in [-0.2, -0.15) is 0 Å². The highest BCUT2D eigenvalue weighted by atomic mass is 35.5. The van der Waals surface area contributed by atoms with Gasteiger partial charge in [0.25, 0.3) is 0 Å². The normalized spacial score (nSPS) is 17.1. The van der Waals surface area contributed by atoms with E-state index in [2.05, 4.69) is 10.0 Å². The van der Waals surface area contributed by atoms with Crippen molar-refractivity contribution >= 4 is 43.1 Å². The third kappa shape index (κ3) is 5.05. The van der Waals surface area contributed by atoms with Crippen LogP contribution in [0.5, 0.6) is 0 Å². The highest BCUT2D eigenvalue weighted by Crippen LogP contribution is 2.41. The molecule has 0 bridgehead atoms. The first-order chi connectivity index (χ1) is 14.4. The fourth-order valence-corrected chi connectivity index (χ4v) is 6.66. The molecule has 2 aromatic rings. The Bertz CT molecular complexity index is 1170. The molecule has 1 atom stereocenters. The van der Waals surface area contributed by atoms with Crippen LogP contribution in [0.4, 0.5) is 5.69 Å². The quantitative estimate of drug-likeness (QED) is 0.623. The van der Waals surface area contributed by atoms with Crippen LogP contribution in [-0.2, 0) is 24.7 Å². The number of hydrogen-bond acceptors (Lipinski definition) is 5. The molecule has 1 aliphatic rings. The summed E-state index contributed by atoms with van der Waals surface area (Å²) in [4.78, 5) is 13.4. The van der Waals surface area contributed by atoms with Crippen molar-refractivity contribution in [2.75, 3.05) is 11.0 Å². The molecule has 10 heteroatoms. The zero-order chi connectivity index (χ0) is 22.9. The van der Waals surface area contributed by atoms with Crippen LogP contribution < -0.4 is 10.0 Å². The van der Waals surface area contributed by atoms with Gasteiger partial charge in [0.05, 0.1) is 17.2 Å². The molecule has 1 unspecified atom stereocenters. The number of sulfonamides is 1. The molecule has 168 valence electrons. The van der Waals surface area contributed by atoms with E-state index >= 15 is 0 Å². The van der Waals surface area contributed by atoms with Gasteiger partial charge in [0.15, 0.2) is 14.6 Å². The highest BCUT2D eigenvalue weighted by molar-refractivity contribution is 7.93. The molecule has 0 aromatic heterocycles. The van der Waals surface area contributed by atoms with Gasteiger partial charge in [-0.3, -0.25) is 9.52 Å². The van der Waals surface area contributed by atoms with E-state index in [1.165, 1.54) is 24.3 Å². The second kappa shape index (κ2) is 8.80. The van der Waals surface area contributed by atoms with Crippen LogP contribution in [0.1, 0.15) is 44.2 Å². The van der Waals surface area contributed by atoms with Crippen molar-refractivity contribution in [2.24, 2.45) is 0 Å². The average Bonchev–Trinajstić information content (AvgIpc) is 3.19. The Hall–Kier alpha value is -2.10. The fraction of sp³-hybridized carbons (Fsp3) is 0.381. The maximum Gasteiger partial charge on any atom is 0.242 e. The summed E-state index contributed by atoms with van der Waals surface area (Å²) >= 11 is 5.89. The SMILES string of the molecule is CC(NC(=O)C1(S(=O)(=O)c2ccc(Cl)cc2)CCCC1)c1cccc(NS(C)(=O)=O)c1. The Labute approximate surface area is 188 Å². The number of hydrogen-bond donors (Lipinski definition) is 2. The number of rotatable bonds is 7. The number of anilines is 1. The van der Waals surface area contributed by atoms with Crippen LogP contribution in [0.2, 0.25) is 5.02 Å². The van der Waals surface area contributed by atoms with Crippen LogP contribution >= 0.6 is 11.6 Å². The first-order valence-corrected chi connectivity index (χ1v) is 13.6. The van der Waals surface area contributed by atoms with Crippen molar-refractivity contribution in [1.29, 1.82) is 0 Å². The number of nitrogens with one attached hydrogen (secondary N) is 2. The lowest BCUT2D eigenvalue weighted by molar-refractivity contribution is -0.124. The van der Waals surface area contributed by atoms with E-state index in [9.17, 15) is 21.6 Å². The summed E-state index contributed by atoms with van der Waals surface area (Å²) < 4.78 is 50.7. The molecule has 0 aliphatic heterocycles. The molecule has 0 heterocycles. The maximum absolute atomic E-state index is 13.5. The summed E-state index contributed by atoms with van der Waals surface area (Å²) in [6, 6.07) is 11.9. The van der Waals surface area contributed by atoms with Crippen molar-refractivity contribution < 1.29 is 21.6 Å². The molecule has 1 amide bonds. The first-order valence-electron chi connectivity index (χ1n) is 9.83. The van der Waals surface area contributed by atoms with Gasteiger partial charge in [-0.05, 0) is 61.7 Å². The van der Waals surface area contributed by atoms with E-state index in [0.29, 0.717) is 29.1 Å². The molecule has 2 N–H and O–H groups in total.